The fraction of sp³-hybridized carbons (Fsp3) is 0.838. The van der Waals surface area contributed by atoms with E-state index in [9.17, 15) is 14.4 Å². The maximum atomic E-state index is 12.9. The van der Waals surface area contributed by atoms with Gasteiger partial charge >= 0.3 is 17.9 Å². The average Bonchev–Trinajstić information content (AvgIpc) is 3.40. The molecule has 6 heteroatoms. The highest BCUT2D eigenvalue weighted by Crippen LogP contribution is 2.17. The Morgan fingerprint density at radius 3 is 0.770 bits per heavy atom. The second-order valence-electron chi connectivity index (χ2n) is 22.0. The van der Waals surface area contributed by atoms with E-state index in [2.05, 4.69) is 69.4 Å². The van der Waals surface area contributed by atoms with E-state index in [-0.39, 0.29) is 31.1 Å². The van der Waals surface area contributed by atoms with Crippen molar-refractivity contribution in [2.75, 3.05) is 13.2 Å². The van der Waals surface area contributed by atoms with E-state index in [1.807, 2.05) is 0 Å². The predicted molar refractivity (Wildman–Crippen MR) is 321 cm³/mol. The van der Waals surface area contributed by atoms with E-state index in [0.717, 1.165) is 77.0 Å². The highest BCUT2D eigenvalue weighted by molar-refractivity contribution is 5.71. The average molecular weight is 1040 g/mol. The second-order valence-corrected chi connectivity index (χ2v) is 22.0. The van der Waals surface area contributed by atoms with Crippen LogP contribution in [0.1, 0.15) is 348 Å². The third kappa shape index (κ3) is 60.2. The molecule has 0 bridgehead atoms. The Morgan fingerprint density at radius 2 is 0.486 bits per heavy atom. The minimum atomic E-state index is -0.780. The van der Waals surface area contributed by atoms with Crippen molar-refractivity contribution < 1.29 is 28.6 Å². The van der Waals surface area contributed by atoms with Crippen LogP contribution in [0.5, 0.6) is 0 Å². The van der Waals surface area contributed by atoms with Crippen molar-refractivity contribution in [2.45, 2.75) is 354 Å². The minimum absolute atomic E-state index is 0.0762. The number of esters is 3. The molecule has 1 atom stereocenters. The molecule has 0 aromatic carbocycles. The van der Waals surface area contributed by atoms with Crippen LogP contribution in [0.15, 0.2) is 48.6 Å². The molecule has 0 spiro atoms. The van der Waals surface area contributed by atoms with Gasteiger partial charge in [0.25, 0.3) is 0 Å². The van der Waals surface area contributed by atoms with Crippen molar-refractivity contribution in [2.24, 2.45) is 0 Å². The van der Waals surface area contributed by atoms with Gasteiger partial charge in [0.15, 0.2) is 6.10 Å². The first-order valence-electron chi connectivity index (χ1n) is 32.6. The van der Waals surface area contributed by atoms with Gasteiger partial charge in [-0.25, -0.2) is 0 Å². The van der Waals surface area contributed by atoms with Crippen molar-refractivity contribution in [3.8, 4) is 0 Å². The Kier molecular flexibility index (Phi) is 60.7. The van der Waals surface area contributed by atoms with Crippen LogP contribution in [-0.4, -0.2) is 37.2 Å². The molecular weight excluding hydrogens is 913 g/mol. The molecule has 0 saturated carbocycles. The van der Waals surface area contributed by atoms with E-state index in [1.165, 1.54) is 231 Å². The van der Waals surface area contributed by atoms with Crippen molar-refractivity contribution >= 4 is 17.9 Å². The number of unbranched alkanes of at least 4 members (excludes halogenated alkanes) is 41. The molecule has 0 saturated heterocycles. The van der Waals surface area contributed by atoms with Gasteiger partial charge in [-0.2, -0.15) is 0 Å². The monoisotopic (exact) mass is 1040 g/mol. The predicted octanol–water partition coefficient (Wildman–Crippen LogP) is 22.2. The highest BCUT2D eigenvalue weighted by Gasteiger charge is 2.19. The molecule has 0 heterocycles. The van der Waals surface area contributed by atoms with Gasteiger partial charge in [-0.3, -0.25) is 14.4 Å². The summed E-state index contributed by atoms with van der Waals surface area (Å²) in [4.78, 5) is 38.3. The van der Waals surface area contributed by atoms with Crippen molar-refractivity contribution in [1.29, 1.82) is 0 Å². The first-order valence-corrected chi connectivity index (χ1v) is 32.6. The summed E-state index contributed by atoms with van der Waals surface area (Å²) >= 11 is 0. The molecule has 0 fully saturated rings. The summed E-state index contributed by atoms with van der Waals surface area (Å²) < 4.78 is 16.9. The molecule has 0 amide bonds. The largest absolute Gasteiger partial charge is 0.462 e. The molecule has 0 aliphatic heterocycles. The summed E-state index contributed by atoms with van der Waals surface area (Å²) in [5.74, 6) is -0.875. The van der Waals surface area contributed by atoms with Gasteiger partial charge in [0, 0.05) is 19.3 Å². The molecule has 0 aromatic rings. The number of allylic oxidation sites excluding steroid dienone is 8. The summed E-state index contributed by atoms with van der Waals surface area (Å²) in [6, 6.07) is 0. The summed E-state index contributed by atoms with van der Waals surface area (Å²) in [7, 11) is 0. The molecule has 74 heavy (non-hydrogen) atoms. The van der Waals surface area contributed by atoms with E-state index < -0.39 is 6.10 Å². The number of ether oxygens (including phenoxy) is 3. The van der Waals surface area contributed by atoms with Crippen molar-refractivity contribution in [3.05, 3.63) is 48.6 Å². The fourth-order valence-corrected chi connectivity index (χ4v) is 9.58. The SMILES string of the molecule is CCCCCC/C=C\CCCCCCCC(=O)OCC(COC(=O)CCCCCCCCCCCCCCCCC/C=C\C/C=C\CCCCCCC)OC(=O)CCCCCCC/C=C\CCCCCCCCC. The molecule has 0 aromatic heterocycles. The van der Waals surface area contributed by atoms with Crippen LogP contribution in [0, 0.1) is 0 Å². The van der Waals surface area contributed by atoms with Crippen LogP contribution in [-0.2, 0) is 28.6 Å². The Hall–Kier alpha value is -2.63. The Balaban J connectivity index is 4.23. The van der Waals surface area contributed by atoms with E-state index in [0.29, 0.717) is 19.3 Å². The van der Waals surface area contributed by atoms with Crippen LogP contribution < -0.4 is 0 Å². The summed E-state index contributed by atoms with van der Waals surface area (Å²) in [6.07, 6.45) is 78.4. The smallest absolute Gasteiger partial charge is 0.306 e. The van der Waals surface area contributed by atoms with Gasteiger partial charge < -0.3 is 14.2 Å². The third-order valence-corrected chi connectivity index (χ3v) is 14.5. The van der Waals surface area contributed by atoms with Crippen LogP contribution in [0.2, 0.25) is 0 Å². The lowest BCUT2D eigenvalue weighted by atomic mass is 10.0. The molecule has 432 valence electrons. The van der Waals surface area contributed by atoms with Gasteiger partial charge in [0.2, 0.25) is 0 Å². The zero-order chi connectivity index (χ0) is 53.6. The van der Waals surface area contributed by atoms with Gasteiger partial charge in [-0.1, -0.05) is 275 Å². The number of carbonyl (C=O) groups is 3. The van der Waals surface area contributed by atoms with Crippen molar-refractivity contribution in [1.82, 2.24) is 0 Å². The summed E-state index contributed by atoms with van der Waals surface area (Å²) in [6.45, 7) is 6.64. The highest BCUT2D eigenvalue weighted by atomic mass is 16.6. The lowest BCUT2D eigenvalue weighted by Crippen LogP contribution is -2.30. The molecule has 6 nitrogen and oxygen atoms in total. The normalized spacial score (nSPS) is 12.3. The van der Waals surface area contributed by atoms with E-state index in [1.54, 1.807) is 0 Å². The Morgan fingerprint density at radius 1 is 0.270 bits per heavy atom. The molecular formula is C68H124O6. The molecule has 1 unspecified atom stereocenters. The van der Waals surface area contributed by atoms with Gasteiger partial charge in [0.1, 0.15) is 13.2 Å². The fourth-order valence-electron chi connectivity index (χ4n) is 9.58. The van der Waals surface area contributed by atoms with Gasteiger partial charge in [-0.15, -0.1) is 0 Å². The van der Waals surface area contributed by atoms with Gasteiger partial charge in [-0.05, 0) is 103 Å². The summed E-state index contributed by atoms with van der Waals surface area (Å²) in [5, 5.41) is 0. The maximum Gasteiger partial charge on any atom is 0.306 e. The molecule has 0 N–H and O–H groups in total. The second kappa shape index (κ2) is 62.9. The van der Waals surface area contributed by atoms with Crippen LogP contribution in [0.4, 0.5) is 0 Å². The molecule has 0 aliphatic carbocycles. The maximum absolute atomic E-state index is 12.9. The Bertz CT molecular complexity index is 1280. The molecule has 0 rings (SSSR count). The Labute approximate surface area is 460 Å². The number of rotatable bonds is 60. The first-order chi connectivity index (χ1) is 36.5. The van der Waals surface area contributed by atoms with Gasteiger partial charge in [0.05, 0.1) is 0 Å². The van der Waals surface area contributed by atoms with Crippen LogP contribution >= 0.6 is 0 Å². The number of hydrogen-bond acceptors (Lipinski definition) is 6. The van der Waals surface area contributed by atoms with Crippen LogP contribution in [0.25, 0.3) is 0 Å². The van der Waals surface area contributed by atoms with Crippen LogP contribution in [0.3, 0.4) is 0 Å². The number of carbonyl (C=O) groups excluding carboxylic acids is 3. The lowest BCUT2D eigenvalue weighted by Gasteiger charge is -2.18. The summed E-state index contributed by atoms with van der Waals surface area (Å²) in [5.41, 5.74) is 0. The quantitative estimate of drug-likeness (QED) is 0.0261. The third-order valence-electron chi connectivity index (χ3n) is 14.5. The zero-order valence-corrected chi connectivity index (χ0v) is 49.6. The number of hydrogen-bond donors (Lipinski definition) is 0. The zero-order valence-electron chi connectivity index (χ0n) is 49.6. The lowest BCUT2D eigenvalue weighted by molar-refractivity contribution is -0.167. The minimum Gasteiger partial charge on any atom is -0.462 e. The van der Waals surface area contributed by atoms with Crippen molar-refractivity contribution in [3.63, 3.8) is 0 Å². The first kappa shape index (κ1) is 71.4. The van der Waals surface area contributed by atoms with E-state index >= 15 is 0 Å². The van der Waals surface area contributed by atoms with E-state index in [4.69, 9.17) is 14.2 Å². The standard InChI is InChI=1S/C68H124O6/c1-4-7-10-13-16-19-22-25-27-29-30-31-32-33-34-35-36-37-38-39-41-43-46-49-52-55-58-61-67(70)73-64-65(63-72-66(69)60-57-54-51-48-45-42-24-21-18-15-12-9-6-3)74-68(71)62-59-56-53-50-47-44-40-28-26-23-20-17-14-11-8-5-2/h21-22,24-25,28-30,40,65H,4-20,23,26-27,31-39,41-64H2,1-3H3/b24-21-,25-22-,30-29-,40-28-. The topological polar surface area (TPSA) is 78.9 Å². The molecule has 0 radical (unpaired) electrons. The molecule has 0 aliphatic rings.